The van der Waals surface area contributed by atoms with Gasteiger partial charge in [-0.2, -0.15) is 5.26 Å². The van der Waals surface area contributed by atoms with Crippen molar-refractivity contribution in [2.75, 3.05) is 39.3 Å². The van der Waals surface area contributed by atoms with Crippen LogP contribution >= 0.6 is 0 Å². The molecular formula is C13H20N4O3. The Morgan fingerprint density at radius 2 is 2.15 bits per heavy atom. The molecule has 0 unspecified atom stereocenters. The third kappa shape index (κ3) is 5.28. The van der Waals surface area contributed by atoms with Gasteiger partial charge >= 0.3 is 5.97 Å². The Morgan fingerprint density at radius 1 is 1.45 bits per heavy atom. The third-order valence-corrected chi connectivity index (χ3v) is 2.78. The van der Waals surface area contributed by atoms with Gasteiger partial charge in [-0.25, -0.2) is 0 Å². The molecule has 0 aliphatic carbocycles. The average molecular weight is 280 g/mol. The summed E-state index contributed by atoms with van der Waals surface area (Å²) in [5, 5.41) is 14.9. The largest absolute Gasteiger partial charge is 0.466 e. The molecule has 0 aromatic heterocycles. The van der Waals surface area contributed by atoms with E-state index >= 15 is 0 Å². The first-order valence-electron chi connectivity index (χ1n) is 6.68. The molecule has 0 radical (unpaired) electrons. The number of carbonyl (C=O) groups excluding carboxylic acids is 2. The van der Waals surface area contributed by atoms with Crippen LogP contribution in [0.1, 0.15) is 13.3 Å². The zero-order valence-corrected chi connectivity index (χ0v) is 11.6. The Morgan fingerprint density at radius 3 is 2.75 bits per heavy atom. The molecule has 0 aromatic rings. The van der Waals surface area contributed by atoms with Crippen LogP contribution in [-0.2, 0) is 14.3 Å². The number of hydrogen-bond acceptors (Lipinski definition) is 6. The van der Waals surface area contributed by atoms with Gasteiger partial charge in [0.2, 0.25) is 0 Å². The number of carbonyl (C=O) groups is 2. The smallest absolute Gasteiger partial charge is 0.307 e. The molecule has 1 aliphatic heterocycles. The monoisotopic (exact) mass is 280 g/mol. The van der Waals surface area contributed by atoms with Gasteiger partial charge in [0, 0.05) is 38.9 Å². The quantitative estimate of drug-likeness (QED) is 0.291. The van der Waals surface area contributed by atoms with Crippen LogP contribution in [0.2, 0.25) is 0 Å². The van der Waals surface area contributed by atoms with Crippen molar-refractivity contribution in [2.45, 2.75) is 13.3 Å². The normalized spacial score (nSPS) is 15.4. The fraction of sp³-hybridized carbons (Fsp3) is 0.615. The zero-order chi connectivity index (χ0) is 14.8. The first-order valence-corrected chi connectivity index (χ1v) is 6.68. The third-order valence-electron chi connectivity index (χ3n) is 2.78. The second kappa shape index (κ2) is 8.93. The predicted molar refractivity (Wildman–Crippen MR) is 72.4 cm³/mol. The van der Waals surface area contributed by atoms with Crippen molar-refractivity contribution in [3.05, 3.63) is 11.8 Å². The highest BCUT2D eigenvalue weighted by Gasteiger charge is 2.19. The lowest BCUT2D eigenvalue weighted by atomic mass is 10.2. The summed E-state index contributed by atoms with van der Waals surface area (Å²) < 4.78 is 4.77. The number of esters is 1. The van der Waals surface area contributed by atoms with Crippen molar-refractivity contribution in [3.8, 4) is 6.07 Å². The minimum Gasteiger partial charge on any atom is -0.466 e. The van der Waals surface area contributed by atoms with E-state index in [1.807, 2.05) is 6.07 Å². The van der Waals surface area contributed by atoms with Crippen LogP contribution in [0.25, 0.3) is 0 Å². The summed E-state index contributed by atoms with van der Waals surface area (Å²) in [5.41, 5.74) is 0.0516. The molecule has 0 aromatic carbocycles. The van der Waals surface area contributed by atoms with E-state index in [1.54, 1.807) is 11.8 Å². The van der Waals surface area contributed by atoms with Gasteiger partial charge in [-0.3, -0.25) is 9.59 Å². The van der Waals surface area contributed by atoms with Crippen LogP contribution in [0.15, 0.2) is 11.8 Å². The highest BCUT2D eigenvalue weighted by Crippen LogP contribution is 2.02. The molecule has 2 N–H and O–H groups in total. The van der Waals surface area contributed by atoms with E-state index in [4.69, 9.17) is 10.00 Å². The molecule has 0 bridgehead atoms. The first kappa shape index (κ1) is 16.0. The molecule has 110 valence electrons. The number of nitrogens with zero attached hydrogens (tertiary/aromatic N) is 2. The number of nitriles is 1. The molecule has 1 rings (SSSR count). The molecule has 7 nitrogen and oxygen atoms in total. The van der Waals surface area contributed by atoms with Crippen molar-refractivity contribution in [3.63, 3.8) is 0 Å². The molecule has 7 heteroatoms. The summed E-state index contributed by atoms with van der Waals surface area (Å²) in [6.45, 7) is 5.09. The Balaban J connectivity index is 2.40. The van der Waals surface area contributed by atoms with Crippen LogP contribution in [-0.4, -0.2) is 56.1 Å². The van der Waals surface area contributed by atoms with Crippen LogP contribution in [0, 0.1) is 11.3 Å². The Kier molecular flexibility index (Phi) is 7.14. The molecule has 1 fully saturated rings. The number of rotatable bonds is 6. The van der Waals surface area contributed by atoms with E-state index in [0.29, 0.717) is 26.2 Å². The second-order valence-electron chi connectivity index (χ2n) is 4.22. The standard InChI is InChI=1S/C13H20N4O3/c1-2-20-12(18)3-4-16-10-11(9-14)13(19)17-7-5-15-6-8-17/h10,15-16H,2-8H2,1H3/b11-10-. The van der Waals surface area contributed by atoms with Crippen LogP contribution in [0.3, 0.4) is 0 Å². The van der Waals surface area contributed by atoms with Gasteiger partial charge in [0.25, 0.3) is 5.91 Å². The molecule has 1 saturated heterocycles. The van der Waals surface area contributed by atoms with Gasteiger partial charge in [-0.05, 0) is 6.92 Å². The maximum Gasteiger partial charge on any atom is 0.307 e. The predicted octanol–water partition coefficient (Wildman–Crippen LogP) is -0.632. The van der Waals surface area contributed by atoms with E-state index in [-0.39, 0.29) is 23.9 Å². The Bertz CT molecular complexity index is 408. The lowest BCUT2D eigenvalue weighted by Gasteiger charge is -2.27. The molecule has 20 heavy (non-hydrogen) atoms. The number of piperazine rings is 1. The first-order chi connectivity index (χ1) is 9.69. The lowest BCUT2D eigenvalue weighted by Crippen LogP contribution is -2.46. The van der Waals surface area contributed by atoms with Gasteiger partial charge in [-0.1, -0.05) is 0 Å². The lowest BCUT2D eigenvalue weighted by molar-refractivity contribution is -0.142. The summed E-state index contributed by atoms with van der Waals surface area (Å²) in [5.74, 6) is -0.585. The topological polar surface area (TPSA) is 94.5 Å². The molecule has 0 saturated carbocycles. The number of ether oxygens (including phenoxy) is 1. The van der Waals surface area contributed by atoms with Crippen LogP contribution in [0.4, 0.5) is 0 Å². The highest BCUT2D eigenvalue weighted by atomic mass is 16.5. The molecule has 1 heterocycles. The Hall–Kier alpha value is -2.07. The minimum atomic E-state index is -0.305. The van der Waals surface area contributed by atoms with E-state index in [9.17, 15) is 9.59 Å². The fourth-order valence-electron chi connectivity index (χ4n) is 1.76. The molecule has 1 amide bonds. The molecule has 1 aliphatic rings. The van der Waals surface area contributed by atoms with Crippen LogP contribution < -0.4 is 10.6 Å². The van der Waals surface area contributed by atoms with E-state index in [1.165, 1.54) is 6.20 Å². The maximum absolute atomic E-state index is 12.0. The minimum absolute atomic E-state index is 0.0516. The summed E-state index contributed by atoms with van der Waals surface area (Å²) in [7, 11) is 0. The van der Waals surface area contributed by atoms with Gasteiger partial charge < -0.3 is 20.3 Å². The van der Waals surface area contributed by atoms with E-state index in [2.05, 4.69) is 10.6 Å². The molecule has 0 atom stereocenters. The maximum atomic E-state index is 12.0. The summed E-state index contributed by atoms with van der Waals surface area (Å²) in [6.07, 6.45) is 1.56. The average Bonchev–Trinajstić information content (AvgIpc) is 2.48. The number of hydrogen-bond donors (Lipinski definition) is 2. The van der Waals surface area contributed by atoms with E-state index < -0.39 is 0 Å². The van der Waals surface area contributed by atoms with Gasteiger partial charge in [0.15, 0.2) is 0 Å². The van der Waals surface area contributed by atoms with Crippen molar-refractivity contribution in [2.24, 2.45) is 0 Å². The van der Waals surface area contributed by atoms with Crippen LogP contribution in [0.5, 0.6) is 0 Å². The summed E-state index contributed by atoms with van der Waals surface area (Å²) in [6, 6.07) is 1.88. The van der Waals surface area contributed by atoms with Gasteiger partial charge in [0.05, 0.1) is 13.0 Å². The van der Waals surface area contributed by atoms with Crippen molar-refractivity contribution < 1.29 is 14.3 Å². The van der Waals surface area contributed by atoms with Gasteiger partial charge in [0.1, 0.15) is 11.6 Å². The highest BCUT2D eigenvalue weighted by molar-refractivity contribution is 5.97. The summed E-state index contributed by atoms with van der Waals surface area (Å²) >= 11 is 0. The SMILES string of the molecule is CCOC(=O)CCN/C=C(/C#N)C(=O)N1CCNCC1. The van der Waals surface area contributed by atoms with Crippen molar-refractivity contribution in [1.82, 2.24) is 15.5 Å². The van der Waals surface area contributed by atoms with Crippen molar-refractivity contribution in [1.29, 1.82) is 5.26 Å². The molecular weight excluding hydrogens is 260 g/mol. The Labute approximate surface area is 118 Å². The zero-order valence-electron chi connectivity index (χ0n) is 11.6. The fourth-order valence-corrected chi connectivity index (χ4v) is 1.76. The number of nitrogens with one attached hydrogen (secondary N) is 2. The molecule has 0 spiro atoms. The number of amides is 1. The second-order valence-corrected chi connectivity index (χ2v) is 4.22. The van der Waals surface area contributed by atoms with Gasteiger partial charge in [-0.15, -0.1) is 0 Å². The van der Waals surface area contributed by atoms with Crippen molar-refractivity contribution >= 4 is 11.9 Å². The summed E-state index contributed by atoms with van der Waals surface area (Å²) in [4.78, 5) is 24.8. The van der Waals surface area contributed by atoms with E-state index in [0.717, 1.165) is 13.1 Å².